The van der Waals surface area contributed by atoms with Crippen LogP contribution in [0.5, 0.6) is 0 Å². The van der Waals surface area contributed by atoms with Crippen LogP contribution in [0.2, 0.25) is 0 Å². The fourth-order valence-electron chi connectivity index (χ4n) is 2.22. The molecule has 0 radical (unpaired) electrons. The molecule has 0 fully saturated rings. The Morgan fingerprint density at radius 3 is 1.79 bits per heavy atom. The summed E-state index contributed by atoms with van der Waals surface area (Å²) in [6.07, 6.45) is 0. The Balaban J connectivity index is 3.47. The van der Waals surface area contributed by atoms with Gasteiger partial charge in [-0.15, -0.1) is 0 Å². The second-order valence-corrected chi connectivity index (χ2v) is 5.58. The maximum atomic E-state index is 12.7. The summed E-state index contributed by atoms with van der Waals surface area (Å²) in [4.78, 5) is 24.5. The molecule has 1 aromatic carbocycles. The summed E-state index contributed by atoms with van der Waals surface area (Å²) in [6.45, 7) is 11.0. The lowest BCUT2D eigenvalue weighted by Crippen LogP contribution is -2.35. The number of benzene rings is 1. The van der Waals surface area contributed by atoms with Crippen molar-refractivity contribution in [2.24, 2.45) is 5.41 Å². The van der Waals surface area contributed by atoms with E-state index in [0.717, 1.165) is 22.3 Å². The Kier molecular flexibility index (Phi) is 4.18. The van der Waals surface area contributed by atoms with Gasteiger partial charge in [-0.2, -0.15) is 0 Å². The van der Waals surface area contributed by atoms with Crippen LogP contribution in [0.15, 0.2) is 6.07 Å². The molecule has 0 aromatic heterocycles. The van der Waals surface area contributed by atoms with E-state index in [2.05, 4.69) is 6.07 Å². The van der Waals surface area contributed by atoms with Gasteiger partial charge in [-0.05, 0) is 63.8 Å². The van der Waals surface area contributed by atoms with Gasteiger partial charge in [0.1, 0.15) is 5.41 Å². The van der Waals surface area contributed by atoms with Gasteiger partial charge in [-0.3, -0.25) is 9.59 Å². The lowest BCUT2D eigenvalue weighted by molar-refractivity contribution is -0.147. The number of ketones is 1. The summed E-state index contributed by atoms with van der Waals surface area (Å²) >= 11 is 0. The van der Waals surface area contributed by atoms with Crippen molar-refractivity contribution in [3.05, 3.63) is 33.9 Å². The number of aryl methyl sites for hydroxylation is 2. The van der Waals surface area contributed by atoms with Crippen molar-refractivity contribution in [2.45, 2.75) is 41.5 Å². The maximum absolute atomic E-state index is 12.7. The predicted octanol–water partition coefficient (Wildman–Crippen LogP) is 3.30. The summed E-state index contributed by atoms with van der Waals surface area (Å²) in [6, 6.07) is 2.06. The largest absolute Gasteiger partial charge is 0.468 e. The van der Waals surface area contributed by atoms with Crippen LogP contribution in [-0.2, 0) is 9.53 Å². The highest BCUT2D eigenvalue weighted by molar-refractivity contribution is 6.13. The lowest BCUT2D eigenvalue weighted by Gasteiger charge is -2.23. The highest BCUT2D eigenvalue weighted by Gasteiger charge is 2.39. The van der Waals surface area contributed by atoms with Gasteiger partial charge in [0.2, 0.25) is 0 Å². The van der Waals surface area contributed by atoms with E-state index in [0.29, 0.717) is 5.56 Å². The summed E-state index contributed by atoms with van der Waals surface area (Å²) < 4.78 is 4.74. The molecule has 3 heteroatoms. The van der Waals surface area contributed by atoms with Gasteiger partial charge in [-0.25, -0.2) is 0 Å². The molecule has 0 aliphatic rings. The number of esters is 1. The highest BCUT2D eigenvalue weighted by atomic mass is 16.5. The Morgan fingerprint density at radius 2 is 1.42 bits per heavy atom. The predicted molar refractivity (Wildman–Crippen MR) is 75.5 cm³/mol. The van der Waals surface area contributed by atoms with Crippen molar-refractivity contribution < 1.29 is 14.3 Å². The molecule has 19 heavy (non-hydrogen) atoms. The van der Waals surface area contributed by atoms with Crippen LogP contribution < -0.4 is 0 Å². The number of rotatable bonds is 3. The molecule has 1 rings (SSSR count). The third-order valence-corrected chi connectivity index (χ3v) is 3.86. The monoisotopic (exact) mass is 262 g/mol. The molecule has 0 aliphatic heterocycles. The van der Waals surface area contributed by atoms with Crippen molar-refractivity contribution in [3.63, 3.8) is 0 Å². The zero-order valence-electron chi connectivity index (χ0n) is 12.8. The molecule has 0 bridgehead atoms. The topological polar surface area (TPSA) is 43.4 Å². The molecule has 1 aromatic rings. The number of Topliss-reactive ketones (excluding diaryl/α,β-unsaturated/α-hetero) is 1. The van der Waals surface area contributed by atoms with Crippen molar-refractivity contribution >= 4 is 11.8 Å². The van der Waals surface area contributed by atoms with E-state index in [-0.39, 0.29) is 5.78 Å². The Labute approximate surface area is 115 Å². The van der Waals surface area contributed by atoms with E-state index in [4.69, 9.17) is 4.74 Å². The minimum atomic E-state index is -1.16. The smallest absolute Gasteiger partial charge is 0.319 e. The summed E-state index contributed by atoms with van der Waals surface area (Å²) in [7, 11) is 1.30. The van der Waals surface area contributed by atoms with Crippen molar-refractivity contribution in [2.75, 3.05) is 7.11 Å². The number of methoxy groups -OCH3 is 1. The number of carbonyl (C=O) groups is 2. The quantitative estimate of drug-likeness (QED) is 0.477. The average molecular weight is 262 g/mol. The highest BCUT2D eigenvalue weighted by Crippen LogP contribution is 2.30. The van der Waals surface area contributed by atoms with E-state index in [9.17, 15) is 9.59 Å². The number of carbonyl (C=O) groups excluding carboxylic acids is 2. The first-order chi connectivity index (χ1) is 8.64. The van der Waals surface area contributed by atoms with Gasteiger partial charge in [0.05, 0.1) is 7.11 Å². The average Bonchev–Trinajstić information content (AvgIpc) is 2.35. The third kappa shape index (κ3) is 2.55. The molecular weight excluding hydrogens is 240 g/mol. The zero-order valence-corrected chi connectivity index (χ0v) is 12.8. The fraction of sp³-hybridized carbons (Fsp3) is 0.500. The van der Waals surface area contributed by atoms with Crippen LogP contribution in [0.4, 0.5) is 0 Å². The Bertz CT molecular complexity index is 513. The first kappa shape index (κ1) is 15.4. The molecule has 0 amide bonds. The molecule has 0 N–H and O–H groups in total. The molecular formula is C16H22O3. The standard InChI is InChI=1S/C16H22O3/c1-9-8-10(2)12(4)13(11(9)3)14(17)16(5,6)15(18)19-7/h8H,1-7H3. The van der Waals surface area contributed by atoms with Gasteiger partial charge < -0.3 is 4.74 Å². The maximum Gasteiger partial charge on any atom is 0.319 e. The third-order valence-electron chi connectivity index (χ3n) is 3.86. The first-order valence-corrected chi connectivity index (χ1v) is 6.35. The Morgan fingerprint density at radius 1 is 1.00 bits per heavy atom. The molecule has 0 saturated carbocycles. The SMILES string of the molecule is COC(=O)C(C)(C)C(=O)c1c(C)c(C)cc(C)c1C. The van der Waals surface area contributed by atoms with Crippen molar-refractivity contribution in [1.29, 1.82) is 0 Å². The van der Waals surface area contributed by atoms with Crippen molar-refractivity contribution in [3.8, 4) is 0 Å². The summed E-state index contributed by atoms with van der Waals surface area (Å²) in [5, 5.41) is 0. The minimum Gasteiger partial charge on any atom is -0.468 e. The molecule has 0 unspecified atom stereocenters. The fourth-order valence-corrected chi connectivity index (χ4v) is 2.22. The van der Waals surface area contributed by atoms with Crippen LogP contribution in [0.1, 0.15) is 46.5 Å². The van der Waals surface area contributed by atoms with Crippen molar-refractivity contribution in [1.82, 2.24) is 0 Å². The molecule has 0 aliphatic carbocycles. The number of ether oxygens (including phenoxy) is 1. The second kappa shape index (κ2) is 5.16. The summed E-state index contributed by atoms with van der Waals surface area (Å²) in [5.74, 6) is -0.684. The van der Waals surface area contributed by atoms with E-state index in [1.54, 1.807) is 13.8 Å². The van der Waals surface area contributed by atoms with Gasteiger partial charge in [0.25, 0.3) is 0 Å². The van der Waals surface area contributed by atoms with E-state index in [1.165, 1.54) is 7.11 Å². The van der Waals surface area contributed by atoms with Gasteiger partial charge in [0, 0.05) is 5.56 Å². The lowest BCUT2D eigenvalue weighted by atomic mass is 9.79. The Hall–Kier alpha value is -1.64. The number of hydrogen-bond acceptors (Lipinski definition) is 3. The van der Waals surface area contributed by atoms with Crippen LogP contribution in [0.3, 0.4) is 0 Å². The molecule has 0 saturated heterocycles. The van der Waals surface area contributed by atoms with E-state index < -0.39 is 11.4 Å². The molecule has 104 valence electrons. The van der Waals surface area contributed by atoms with Crippen LogP contribution in [0, 0.1) is 33.1 Å². The van der Waals surface area contributed by atoms with E-state index in [1.807, 2.05) is 27.7 Å². The van der Waals surface area contributed by atoms with Crippen LogP contribution >= 0.6 is 0 Å². The minimum absolute atomic E-state index is 0.179. The normalized spacial score (nSPS) is 11.3. The van der Waals surface area contributed by atoms with E-state index >= 15 is 0 Å². The van der Waals surface area contributed by atoms with Gasteiger partial charge >= 0.3 is 5.97 Å². The summed E-state index contributed by atoms with van der Waals surface area (Å²) in [5.41, 5.74) is 3.48. The first-order valence-electron chi connectivity index (χ1n) is 6.35. The molecule has 3 nitrogen and oxygen atoms in total. The second-order valence-electron chi connectivity index (χ2n) is 5.58. The molecule has 0 heterocycles. The zero-order chi connectivity index (χ0) is 15.0. The van der Waals surface area contributed by atoms with Gasteiger partial charge in [-0.1, -0.05) is 6.07 Å². The van der Waals surface area contributed by atoms with Crippen LogP contribution in [0.25, 0.3) is 0 Å². The molecule has 0 atom stereocenters. The number of hydrogen-bond donors (Lipinski definition) is 0. The van der Waals surface area contributed by atoms with Crippen LogP contribution in [-0.4, -0.2) is 18.9 Å². The van der Waals surface area contributed by atoms with Gasteiger partial charge in [0.15, 0.2) is 5.78 Å². The molecule has 0 spiro atoms.